The Balaban J connectivity index is 2.62. The summed E-state index contributed by atoms with van der Waals surface area (Å²) in [5, 5.41) is 8.35. The van der Waals surface area contributed by atoms with Gasteiger partial charge < -0.3 is 9.47 Å². The van der Waals surface area contributed by atoms with Crippen LogP contribution in [0.4, 0.5) is 4.79 Å². The van der Waals surface area contributed by atoms with Crippen molar-refractivity contribution in [3.05, 3.63) is 0 Å². The van der Waals surface area contributed by atoms with E-state index < -0.39 is 23.7 Å². The maximum Gasteiger partial charge on any atom is 0.411 e. The summed E-state index contributed by atoms with van der Waals surface area (Å²) in [5.74, 6) is 0.289. The molecule has 1 rings (SSSR count). The Hall–Kier alpha value is -1.42. The molecule has 1 aliphatic heterocycles. The molecule has 0 saturated carbocycles. The Bertz CT molecular complexity index is 372. The van der Waals surface area contributed by atoms with E-state index in [1.807, 2.05) is 0 Å². The number of hydrogen-bond donors (Lipinski definition) is 0. The molecule has 0 aromatic carbocycles. The molecular formula is C11H16N2O4S. The van der Waals surface area contributed by atoms with Crippen molar-refractivity contribution in [2.45, 2.75) is 32.4 Å². The van der Waals surface area contributed by atoms with Gasteiger partial charge in [-0.05, 0) is 20.8 Å². The van der Waals surface area contributed by atoms with Crippen molar-refractivity contribution in [3.63, 3.8) is 0 Å². The highest BCUT2D eigenvalue weighted by Gasteiger charge is 2.38. The second-order valence-electron chi connectivity index (χ2n) is 4.73. The Morgan fingerprint density at radius 1 is 1.50 bits per heavy atom. The normalized spacial score (nSPS) is 19.2. The van der Waals surface area contributed by atoms with Gasteiger partial charge in [0.05, 0.1) is 5.88 Å². The lowest BCUT2D eigenvalue weighted by molar-refractivity contribution is -0.146. The standard InChI is InChI=1S/C11H16N2O4S/c1-11(2,3)17-10(15)13-7-18-6-8(13)9(14)16-5-4-12/h8H,5-7H2,1-3H3. The van der Waals surface area contributed by atoms with Gasteiger partial charge in [-0.2, -0.15) is 5.26 Å². The van der Waals surface area contributed by atoms with E-state index in [2.05, 4.69) is 0 Å². The number of rotatable bonds is 2. The zero-order valence-corrected chi connectivity index (χ0v) is 11.5. The first-order valence-electron chi connectivity index (χ1n) is 5.46. The van der Waals surface area contributed by atoms with Gasteiger partial charge in [-0.15, -0.1) is 11.8 Å². The molecule has 0 aromatic rings. The van der Waals surface area contributed by atoms with Crippen molar-refractivity contribution in [1.82, 2.24) is 4.90 Å². The van der Waals surface area contributed by atoms with Crippen LogP contribution in [-0.4, -0.2) is 46.8 Å². The molecular weight excluding hydrogens is 256 g/mol. The molecule has 1 unspecified atom stereocenters. The summed E-state index contributed by atoms with van der Waals surface area (Å²) in [4.78, 5) is 24.8. The maximum absolute atomic E-state index is 11.9. The van der Waals surface area contributed by atoms with Crippen molar-refractivity contribution in [1.29, 1.82) is 5.26 Å². The van der Waals surface area contributed by atoms with Crippen molar-refractivity contribution in [3.8, 4) is 6.07 Å². The van der Waals surface area contributed by atoms with Gasteiger partial charge in [0.15, 0.2) is 6.61 Å². The van der Waals surface area contributed by atoms with Crippen molar-refractivity contribution in [2.75, 3.05) is 18.2 Å². The third kappa shape index (κ3) is 4.11. The Labute approximate surface area is 110 Å². The van der Waals surface area contributed by atoms with Crippen LogP contribution in [0.15, 0.2) is 0 Å². The third-order valence-electron chi connectivity index (χ3n) is 2.06. The molecule has 100 valence electrons. The van der Waals surface area contributed by atoms with Crippen LogP contribution in [0.3, 0.4) is 0 Å². The van der Waals surface area contributed by atoms with E-state index in [4.69, 9.17) is 14.7 Å². The minimum atomic E-state index is -0.668. The van der Waals surface area contributed by atoms with Gasteiger partial charge in [0.1, 0.15) is 17.7 Å². The summed E-state index contributed by atoms with van der Waals surface area (Å²) >= 11 is 1.45. The van der Waals surface area contributed by atoms with Gasteiger partial charge in [0, 0.05) is 5.75 Å². The molecule has 0 aliphatic carbocycles. The van der Waals surface area contributed by atoms with Crippen molar-refractivity contribution < 1.29 is 19.1 Å². The Morgan fingerprint density at radius 3 is 2.72 bits per heavy atom. The fourth-order valence-corrected chi connectivity index (χ4v) is 2.46. The van der Waals surface area contributed by atoms with E-state index >= 15 is 0 Å². The van der Waals surface area contributed by atoms with Gasteiger partial charge in [0.25, 0.3) is 0 Å². The lowest BCUT2D eigenvalue weighted by Crippen LogP contribution is -2.45. The molecule has 0 radical (unpaired) electrons. The number of thioether (sulfide) groups is 1. The van der Waals surface area contributed by atoms with E-state index in [-0.39, 0.29) is 6.61 Å². The predicted octanol–water partition coefficient (Wildman–Crippen LogP) is 1.36. The second-order valence-corrected chi connectivity index (χ2v) is 5.73. The van der Waals surface area contributed by atoms with E-state index in [9.17, 15) is 9.59 Å². The number of ether oxygens (including phenoxy) is 2. The molecule has 1 amide bonds. The maximum atomic E-state index is 11.9. The van der Waals surface area contributed by atoms with Gasteiger partial charge >= 0.3 is 12.1 Å². The van der Waals surface area contributed by atoms with E-state index in [0.717, 1.165) is 0 Å². The highest BCUT2D eigenvalue weighted by Crippen LogP contribution is 2.24. The van der Waals surface area contributed by atoms with Crippen molar-refractivity contribution >= 4 is 23.8 Å². The first kappa shape index (κ1) is 14.6. The minimum absolute atomic E-state index is 0.303. The third-order valence-corrected chi connectivity index (χ3v) is 3.07. The number of nitrogens with zero attached hydrogens (tertiary/aromatic N) is 2. The van der Waals surface area contributed by atoms with Crippen LogP contribution in [0.1, 0.15) is 20.8 Å². The fourth-order valence-electron chi connectivity index (χ4n) is 1.34. The molecule has 0 bridgehead atoms. The number of hydrogen-bond acceptors (Lipinski definition) is 6. The van der Waals surface area contributed by atoms with E-state index in [0.29, 0.717) is 11.6 Å². The molecule has 1 saturated heterocycles. The number of amides is 1. The van der Waals surface area contributed by atoms with Crippen LogP contribution < -0.4 is 0 Å². The summed E-state index contributed by atoms with van der Waals surface area (Å²) in [7, 11) is 0. The lowest BCUT2D eigenvalue weighted by atomic mass is 10.2. The first-order chi connectivity index (χ1) is 8.35. The molecule has 1 aliphatic rings. The zero-order chi connectivity index (χ0) is 13.8. The van der Waals surface area contributed by atoms with Crippen LogP contribution in [0.2, 0.25) is 0 Å². The topological polar surface area (TPSA) is 79.6 Å². The number of carbonyl (C=O) groups is 2. The van der Waals surface area contributed by atoms with Crippen LogP contribution in [0, 0.1) is 11.3 Å². The van der Waals surface area contributed by atoms with Gasteiger partial charge in [-0.1, -0.05) is 0 Å². The number of carbonyl (C=O) groups excluding carboxylic acids is 2. The minimum Gasteiger partial charge on any atom is -0.449 e. The molecule has 0 spiro atoms. The lowest BCUT2D eigenvalue weighted by Gasteiger charge is -2.26. The molecule has 0 N–H and O–H groups in total. The quantitative estimate of drug-likeness (QED) is 0.706. The fraction of sp³-hybridized carbons (Fsp3) is 0.727. The van der Waals surface area contributed by atoms with Crippen molar-refractivity contribution in [2.24, 2.45) is 0 Å². The molecule has 6 nitrogen and oxygen atoms in total. The molecule has 1 atom stereocenters. The van der Waals surface area contributed by atoms with E-state index in [1.165, 1.54) is 16.7 Å². The highest BCUT2D eigenvalue weighted by atomic mass is 32.2. The molecule has 1 fully saturated rings. The summed E-state index contributed by atoms with van der Waals surface area (Å²) in [6.45, 7) is 4.98. The van der Waals surface area contributed by atoms with Gasteiger partial charge in [-0.3, -0.25) is 4.90 Å². The Kier molecular flexibility index (Phi) is 4.84. The first-order valence-corrected chi connectivity index (χ1v) is 6.61. The largest absolute Gasteiger partial charge is 0.449 e. The van der Waals surface area contributed by atoms with Crippen LogP contribution in [-0.2, 0) is 14.3 Å². The predicted molar refractivity (Wildman–Crippen MR) is 65.8 cm³/mol. The molecule has 1 heterocycles. The number of esters is 1. The molecule has 18 heavy (non-hydrogen) atoms. The molecule has 0 aromatic heterocycles. The SMILES string of the molecule is CC(C)(C)OC(=O)N1CSCC1C(=O)OCC#N. The second kappa shape index (κ2) is 5.96. The average molecular weight is 272 g/mol. The Morgan fingerprint density at radius 2 is 2.17 bits per heavy atom. The zero-order valence-electron chi connectivity index (χ0n) is 10.6. The average Bonchev–Trinajstić information content (AvgIpc) is 2.72. The molecule has 7 heteroatoms. The highest BCUT2D eigenvalue weighted by molar-refractivity contribution is 7.99. The van der Waals surface area contributed by atoms with E-state index in [1.54, 1.807) is 26.8 Å². The smallest absolute Gasteiger partial charge is 0.411 e. The summed E-state index contributed by atoms with van der Waals surface area (Å²) in [6.07, 6.45) is -0.536. The van der Waals surface area contributed by atoms with Gasteiger partial charge in [0.2, 0.25) is 0 Å². The van der Waals surface area contributed by atoms with Crippen LogP contribution >= 0.6 is 11.8 Å². The van der Waals surface area contributed by atoms with Crippen LogP contribution in [0.5, 0.6) is 0 Å². The number of nitriles is 1. The van der Waals surface area contributed by atoms with Crippen LogP contribution in [0.25, 0.3) is 0 Å². The summed E-state index contributed by atoms with van der Waals surface area (Å²) in [6, 6.07) is 1.05. The summed E-state index contributed by atoms with van der Waals surface area (Å²) < 4.78 is 9.93. The van der Waals surface area contributed by atoms with Gasteiger partial charge in [-0.25, -0.2) is 9.59 Å². The summed E-state index contributed by atoms with van der Waals surface area (Å²) in [5.41, 5.74) is -0.606. The monoisotopic (exact) mass is 272 g/mol.